The lowest BCUT2D eigenvalue weighted by Crippen LogP contribution is -2.58. The maximum atomic E-state index is 12.4. The number of carbonyl (C=O) groups is 1. The Morgan fingerprint density at radius 2 is 1.83 bits per heavy atom. The molecule has 6 unspecified atom stereocenters. The van der Waals surface area contributed by atoms with Gasteiger partial charge in [0, 0.05) is 56.1 Å². The summed E-state index contributed by atoms with van der Waals surface area (Å²) in [7, 11) is -3.68. The van der Waals surface area contributed by atoms with E-state index in [0.717, 1.165) is 23.1 Å². The van der Waals surface area contributed by atoms with Crippen molar-refractivity contribution in [3.8, 4) is 0 Å². The van der Waals surface area contributed by atoms with Gasteiger partial charge in [-0.05, 0) is 46.1 Å². The number of phosphoric ester groups is 1. The van der Waals surface area contributed by atoms with Crippen molar-refractivity contribution in [3.05, 3.63) is 58.9 Å². The predicted octanol–water partition coefficient (Wildman–Crippen LogP) is 5.27. The summed E-state index contributed by atoms with van der Waals surface area (Å²) in [4.78, 5) is 35.4. The van der Waals surface area contributed by atoms with Gasteiger partial charge in [-0.15, -0.1) is 0 Å². The minimum Gasteiger partial charge on any atom is -0.449 e. The number of aliphatic hydroxyl groups excluding tert-OH is 3. The number of hydrogen-bond acceptors (Lipinski definition) is 11. The molecule has 0 saturated carbocycles. The number of nitrogens with zero attached hydrogens (tertiary/aromatic N) is 1. The first-order chi connectivity index (χ1) is 25.0. The van der Waals surface area contributed by atoms with Crippen LogP contribution in [-0.2, 0) is 28.1 Å². The van der Waals surface area contributed by atoms with Gasteiger partial charge in [0.25, 0.3) is 0 Å². The first-order valence-corrected chi connectivity index (χ1v) is 20.1. The Morgan fingerprint density at radius 3 is 2.41 bits per heavy atom. The molecule has 15 heteroatoms. The van der Waals surface area contributed by atoms with Gasteiger partial charge in [-0.3, -0.25) is 9.32 Å². The normalized spacial score (nSPS) is 29.8. The molecule has 7 N–H and O–H groups in total. The summed E-state index contributed by atoms with van der Waals surface area (Å²) in [5.74, 6) is -2.79. The number of amides is 1. The lowest BCUT2D eigenvalue weighted by atomic mass is 9.72. The summed E-state index contributed by atoms with van der Waals surface area (Å²) < 4.78 is 42.2. The van der Waals surface area contributed by atoms with Crippen molar-refractivity contribution < 1.29 is 57.6 Å². The third-order valence-corrected chi connectivity index (χ3v) is 11.7. The van der Waals surface area contributed by atoms with Crippen LogP contribution in [0.2, 0.25) is 0 Å². The molecule has 3 heterocycles. The van der Waals surface area contributed by atoms with E-state index in [1.165, 1.54) is 19.4 Å². The van der Waals surface area contributed by atoms with E-state index in [2.05, 4.69) is 11.1 Å². The lowest BCUT2D eigenvalue weighted by Gasteiger charge is -2.50. The van der Waals surface area contributed by atoms with Crippen LogP contribution in [0.15, 0.2) is 51.7 Å². The van der Waals surface area contributed by atoms with Gasteiger partial charge >= 0.3 is 7.82 Å². The quantitative estimate of drug-likeness (QED) is 0.0635. The summed E-state index contributed by atoms with van der Waals surface area (Å²) in [6, 6.07) is 0. The summed E-state index contributed by atoms with van der Waals surface area (Å²) in [6.45, 7) is 16.4. The number of hydrogen-bond donors (Lipinski definition) is 6. The SMILES string of the molecule is COC(CC(O)C(C)C(O)C(C)/C=C(C)/C(C)=C/CC/C(C)=C\C(N)=O)C1O[C@]2(C[C@H](O)[C@H](C)[C@H](C/C=C/c3coc(C)n3)O2)C(C)(C)[C@H]1OP(=O)(O)O. The van der Waals surface area contributed by atoms with E-state index in [1.807, 2.05) is 46.8 Å². The number of primary amides is 1. The van der Waals surface area contributed by atoms with Crippen LogP contribution >= 0.6 is 7.82 Å². The molecule has 2 aliphatic rings. The Bertz CT molecular complexity index is 1580. The number of oxazole rings is 1. The molecule has 306 valence electrons. The van der Waals surface area contributed by atoms with Gasteiger partial charge in [-0.1, -0.05) is 69.6 Å². The molecule has 54 heavy (non-hydrogen) atoms. The average Bonchev–Trinajstić information content (AvgIpc) is 3.57. The number of phosphoric acid groups is 1. The van der Waals surface area contributed by atoms with E-state index < -0.39 is 73.6 Å². The number of methoxy groups -OCH3 is 1. The zero-order chi connectivity index (χ0) is 40.8. The number of aliphatic hydroxyl groups is 3. The van der Waals surface area contributed by atoms with E-state index in [-0.39, 0.29) is 24.7 Å². The fourth-order valence-corrected chi connectivity index (χ4v) is 8.13. The molecule has 1 amide bonds. The largest absolute Gasteiger partial charge is 0.469 e. The molecule has 2 saturated heterocycles. The summed E-state index contributed by atoms with van der Waals surface area (Å²) in [5.41, 5.74) is 7.51. The number of rotatable bonds is 18. The molecule has 0 aliphatic carbocycles. The summed E-state index contributed by atoms with van der Waals surface area (Å²) in [6.07, 6.45) is 5.42. The van der Waals surface area contributed by atoms with Crippen molar-refractivity contribution in [3.63, 3.8) is 0 Å². The number of aryl methyl sites for hydroxylation is 1. The monoisotopic (exact) mass is 782 g/mol. The molecule has 11 atom stereocenters. The zero-order valence-electron chi connectivity index (χ0n) is 33.3. The maximum Gasteiger partial charge on any atom is 0.469 e. The highest BCUT2D eigenvalue weighted by Crippen LogP contribution is 2.58. The molecular formula is C39H63N2O12P. The van der Waals surface area contributed by atoms with Gasteiger partial charge in [-0.25, -0.2) is 9.55 Å². The van der Waals surface area contributed by atoms with Crippen LogP contribution in [-0.4, -0.2) is 91.6 Å². The van der Waals surface area contributed by atoms with Crippen molar-refractivity contribution in [1.82, 2.24) is 4.98 Å². The predicted molar refractivity (Wildman–Crippen MR) is 203 cm³/mol. The second kappa shape index (κ2) is 19.1. The van der Waals surface area contributed by atoms with Crippen LogP contribution in [0.25, 0.3) is 6.08 Å². The van der Waals surface area contributed by atoms with E-state index in [0.29, 0.717) is 24.4 Å². The van der Waals surface area contributed by atoms with Crippen LogP contribution < -0.4 is 5.73 Å². The molecule has 0 aromatic carbocycles. The second-order valence-corrected chi connectivity index (χ2v) is 16.9. The Morgan fingerprint density at radius 1 is 1.17 bits per heavy atom. The third-order valence-electron chi connectivity index (χ3n) is 11.2. The smallest absolute Gasteiger partial charge is 0.449 e. The standard InChI is InChI=1S/C39H63N2O12P/c1-22(17-34(40)44)13-11-14-23(2)24(3)18-25(4)35(45)27(6)30(42)19-33(49-10)36-37(53-54(46,47)48)38(8,9)39(52-36)20-31(43)26(5)32(51-39)16-12-15-29-21-50-28(7)41-29/h12,14-15,17-18,21,25-27,30-33,35-37,42-43,45H,11,13,16,19-20H2,1-10H3,(H2,40,44)(H2,46,47,48)/b15-12+,22-17-,23-14+,24-18+/t25?,26-,27?,30?,31-,32-,33?,35?,36?,37-,39+/m0/s1. The molecule has 3 rings (SSSR count). The second-order valence-electron chi connectivity index (χ2n) is 15.7. The third kappa shape index (κ3) is 11.8. The topological polar surface area (TPSA) is 224 Å². The van der Waals surface area contributed by atoms with Gasteiger partial charge in [0.2, 0.25) is 5.91 Å². The highest BCUT2D eigenvalue weighted by molar-refractivity contribution is 7.46. The van der Waals surface area contributed by atoms with Crippen molar-refractivity contribution >= 4 is 19.8 Å². The minimum atomic E-state index is -5.08. The van der Waals surface area contributed by atoms with E-state index >= 15 is 0 Å². The van der Waals surface area contributed by atoms with E-state index in [9.17, 15) is 34.5 Å². The number of allylic oxidation sites excluding steroid dienone is 4. The molecule has 0 radical (unpaired) electrons. The number of ether oxygens (including phenoxy) is 3. The molecule has 14 nitrogen and oxygen atoms in total. The highest BCUT2D eigenvalue weighted by atomic mass is 31.2. The summed E-state index contributed by atoms with van der Waals surface area (Å²) >= 11 is 0. The van der Waals surface area contributed by atoms with Gasteiger partial charge in [-0.2, -0.15) is 0 Å². The fourth-order valence-electron chi connectivity index (χ4n) is 7.45. The van der Waals surface area contributed by atoms with Gasteiger partial charge < -0.3 is 49.5 Å². The molecule has 1 spiro atoms. The van der Waals surface area contributed by atoms with Gasteiger partial charge in [0.1, 0.15) is 24.2 Å². The van der Waals surface area contributed by atoms with Crippen molar-refractivity contribution in [2.24, 2.45) is 28.9 Å². The fraction of sp³-hybridized carbons (Fsp3) is 0.692. The molecule has 1 aromatic rings. The Balaban J connectivity index is 1.80. The number of carbonyl (C=O) groups excluding carboxylic acids is 1. The highest BCUT2D eigenvalue weighted by Gasteiger charge is 2.67. The van der Waals surface area contributed by atoms with Crippen LogP contribution in [0.1, 0.15) is 99.1 Å². The first kappa shape index (κ1) is 45.9. The van der Waals surface area contributed by atoms with Crippen LogP contribution in [0.5, 0.6) is 0 Å². The minimum absolute atomic E-state index is 0.00374. The van der Waals surface area contributed by atoms with E-state index in [4.69, 9.17) is 28.9 Å². The van der Waals surface area contributed by atoms with Crippen molar-refractivity contribution in [2.75, 3.05) is 7.11 Å². The molecule has 2 aliphatic heterocycles. The van der Waals surface area contributed by atoms with Gasteiger partial charge in [0.05, 0.1) is 30.5 Å². The Labute approximate surface area is 319 Å². The summed E-state index contributed by atoms with van der Waals surface area (Å²) in [5, 5.41) is 34.1. The van der Waals surface area contributed by atoms with Crippen LogP contribution in [0.3, 0.4) is 0 Å². The molecular weight excluding hydrogens is 719 g/mol. The molecule has 2 fully saturated rings. The number of nitrogens with two attached hydrogens (primary N) is 1. The van der Waals surface area contributed by atoms with Crippen LogP contribution in [0.4, 0.5) is 0 Å². The van der Waals surface area contributed by atoms with Crippen molar-refractivity contribution in [1.29, 1.82) is 0 Å². The van der Waals surface area contributed by atoms with Crippen molar-refractivity contribution in [2.45, 2.75) is 143 Å². The van der Waals surface area contributed by atoms with E-state index in [1.54, 1.807) is 33.8 Å². The van der Waals surface area contributed by atoms with Gasteiger partial charge in [0.15, 0.2) is 11.7 Å². The Kier molecular flexibility index (Phi) is 16.2. The lowest BCUT2D eigenvalue weighted by molar-refractivity contribution is -0.334. The average molecular weight is 783 g/mol. The zero-order valence-corrected chi connectivity index (χ0v) is 34.2. The van der Waals surface area contributed by atoms with Crippen LogP contribution in [0, 0.1) is 30.1 Å². The molecule has 0 bridgehead atoms. The first-order valence-electron chi connectivity index (χ1n) is 18.6. The number of aromatic nitrogens is 1. The molecule has 1 aromatic heterocycles. The Hall–Kier alpha value is -2.49. The maximum absolute atomic E-state index is 12.4.